The van der Waals surface area contributed by atoms with Gasteiger partial charge in [-0.1, -0.05) is 30.3 Å². The van der Waals surface area contributed by atoms with Crippen molar-refractivity contribution < 1.29 is 14.3 Å². The molecule has 0 spiro atoms. The average Bonchev–Trinajstić information content (AvgIpc) is 2.95. The summed E-state index contributed by atoms with van der Waals surface area (Å²) in [7, 11) is 0. The molecule has 2 amide bonds. The van der Waals surface area contributed by atoms with Crippen LogP contribution < -0.4 is 10.6 Å². The summed E-state index contributed by atoms with van der Waals surface area (Å²) in [4.78, 5) is 17.6. The van der Waals surface area contributed by atoms with Crippen molar-refractivity contribution in [3.8, 4) is 0 Å². The molecule has 6 nitrogen and oxygen atoms in total. The molecular weight excluding hydrogens is 323 g/mol. The van der Waals surface area contributed by atoms with Crippen LogP contribution in [-0.2, 0) is 6.54 Å². The first kappa shape index (κ1) is 17.3. The largest absolute Gasteiger partial charge is 0.392 e. The number of anilines is 1. The van der Waals surface area contributed by atoms with Gasteiger partial charge in [0.15, 0.2) is 0 Å². The highest BCUT2D eigenvalue weighted by atomic mass is 19.1. The zero-order chi connectivity index (χ0) is 17.6. The number of benzene rings is 1. The Morgan fingerprint density at radius 3 is 2.80 bits per heavy atom. The quantitative estimate of drug-likeness (QED) is 0.725. The van der Waals surface area contributed by atoms with Crippen LogP contribution in [0.2, 0.25) is 0 Å². The van der Waals surface area contributed by atoms with Gasteiger partial charge in [-0.15, -0.1) is 0 Å². The molecule has 2 unspecified atom stereocenters. The topological polar surface area (TPSA) is 77.5 Å². The minimum absolute atomic E-state index is 0.0623. The lowest BCUT2D eigenvalue weighted by molar-refractivity contribution is 0.172. The fraction of sp³-hybridized carbons (Fsp3) is 0.333. The van der Waals surface area contributed by atoms with Gasteiger partial charge in [-0.05, 0) is 24.1 Å². The molecule has 1 aromatic carbocycles. The second-order valence-corrected chi connectivity index (χ2v) is 6.16. The van der Waals surface area contributed by atoms with Gasteiger partial charge >= 0.3 is 6.03 Å². The van der Waals surface area contributed by atoms with E-state index < -0.39 is 5.95 Å². The third-order valence-corrected chi connectivity index (χ3v) is 4.22. The second-order valence-electron chi connectivity index (χ2n) is 6.16. The Balaban J connectivity index is 1.51. The highest BCUT2D eigenvalue weighted by molar-refractivity contribution is 5.88. The van der Waals surface area contributed by atoms with Crippen molar-refractivity contribution in [1.82, 2.24) is 15.2 Å². The molecule has 0 bridgehead atoms. The van der Waals surface area contributed by atoms with Crippen LogP contribution in [0.1, 0.15) is 12.0 Å². The van der Waals surface area contributed by atoms with Gasteiger partial charge in [-0.25, -0.2) is 9.78 Å². The van der Waals surface area contributed by atoms with Gasteiger partial charge in [0.25, 0.3) is 0 Å². The highest BCUT2D eigenvalue weighted by Crippen LogP contribution is 2.20. The van der Waals surface area contributed by atoms with E-state index in [2.05, 4.69) is 20.5 Å². The highest BCUT2D eigenvalue weighted by Gasteiger charge is 2.30. The van der Waals surface area contributed by atoms with E-state index in [-0.39, 0.29) is 18.2 Å². The third kappa shape index (κ3) is 4.98. The van der Waals surface area contributed by atoms with Crippen molar-refractivity contribution in [2.75, 3.05) is 18.4 Å². The molecule has 2 heterocycles. The number of nitrogens with one attached hydrogen (secondary N) is 2. The molecule has 0 aliphatic carbocycles. The van der Waals surface area contributed by atoms with E-state index in [1.165, 1.54) is 23.9 Å². The van der Waals surface area contributed by atoms with Crippen LogP contribution in [0.15, 0.2) is 48.7 Å². The van der Waals surface area contributed by atoms with E-state index in [0.29, 0.717) is 25.2 Å². The predicted molar refractivity (Wildman–Crippen MR) is 92.5 cm³/mol. The molecule has 0 saturated carbocycles. The van der Waals surface area contributed by atoms with Crippen molar-refractivity contribution in [1.29, 1.82) is 0 Å². The predicted octanol–water partition coefficient (Wildman–Crippen LogP) is 1.98. The van der Waals surface area contributed by atoms with Crippen LogP contribution in [0, 0.1) is 5.95 Å². The number of amides is 2. The first-order chi connectivity index (χ1) is 12.1. The molecule has 0 radical (unpaired) electrons. The van der Waals surface area contributed by atoms with Crippen molar-refractivity contribution >= 4 is 11.7 Å². The first-order valence-corrected chi connectivity index (χ1v) is 8.22. The normalized spacial score (nSPS) is 20.4. The summed E-state index contributed by atoms with van der Waals surface area (Å²) < 4.78 is 12.8. The number of aromatic nitrogens is 1. The summed E-state index contributed by atoms with van der Waals surface area (Å²) in [6, 6.07) is 12.3. The first-order valence-electron chi connectivity index (χ1n) is 8.22. The Bertz CT molecular complexity index is 696. The lowest BCUT2D eigenvalue weighted by atomic mass is 10.1. The number of aliphatic hydroxyl groups is 1. The lowest BCUT2D eigenvalue weighted by Gasteiger charge is -2.24. The Morgan fingerprint density at radius 2 is 2.08 bits per heavy atom. The fourth-order valence-corrected chi connectivity index (χ4v) is 3.02. The van der Waals surface area contributed by atoms with E-state index >= 15 is 0 Å². The van der Waals surface area contributed by atoms with E-state index in [4.69, 9.17) is 0 Å². The molecule has 132 valence electrons. The van der Waals surface area contributed by atoms with Crippen molar-refractivity contribution in [2.45, 2.75) is 25.1 Å². The Morgan fingerprint density at radius 1 is 1.28 bits per heavy atom. The molecular formula is C18H21FN4O2. The van der Waals surface area contributed by atoms with E-state index in [1.807, 2.05) is 30.3 Å². The van der Waals surface area contributed by atoms with Crippen LogP contribution in [0.5, 0.6) is 0 Å². The summed E-state index contributed by atoms with van der Waals surface area (Å²) in [5.74, 6) is -0.595. The van der Waals surface area contributed by atoms with Crippen LogP contribution in [-0.4, -0.2) is 46.3 Å². The number of hydrogen-bond donors (Lipinski definition) is 3. The van der Waals surface area contributed by atoms with Crippen molar-refractivity contribution in [3.05, 3.63) is 60.2 Å². The number of carbonyl (C=O) groups excluding carboxylic acids is 1. The average molecular weight is 344 g/mol. The zero-order valence-electron chi connectivity index (χ0n) is 13.7. The number of β-amino-alcohol motifs (C(OH)–C–C–N with tert-alkyl or cyclic N) is 1. The summed E-state index contributed by atoms with van der Waals surface area (Å²) in [5.41, 5.74) is 1.59. The van der Waals surface area contributed by atoms with E-state index in [9.17, 15) is 14.3 Å². The zero-order valence-corrected chi connectivity index (χ0v) is 13.7. The smallest absolute Gasteiger partial charge is 0.319 e. The molecule has 2 aromatic rings. The molecule has 3 rings (SSSR count). The summed E-state index contributed by atoms with van der Waals surface area (Å²) >= 11 is 0. The number of halogens is 1. The molecule has 1 aromatic heterocycles. The number of carbonyl (C=O) groups is 1. The molecule has 1 aliphatic heterocycles. The van der Waals surface area contributed by atoms with Gasteiger partial charge < -0.3 is 15.7 Å². The molecule has 3 N–H and O–H groups in total. The second kappa shape index (κ2) is 8.04. The number of pyridine rings is 1. The number of urea groups is 1. The Kier molecular flexibility index (Phi) is 5.57. The van der Waals surface area contributed by atoms with Gasteiger partial charge in [0.1, 0.15) is 0 Å². The Hall–Kier alpha value is -2.51. The van der Waals surface area contributed by atoms with Crippen LogP contribution >= 0.6 is 0 Å². The number of rotatable bonds is 5. The van der Waals surface area contributed by atoms with Crippen LogP contribution in [0.25, 0.3) is 0 Å². The maximum absolute atomic E-state index is 12.8. The van der Waals surface area contributed by atoms with Gasteiger partial charge in [0.2, 0.25) is 5.95 Å². The molecule has 25 heavy (non-hydrogen) atoms. The van der Waals surface area contributed by atoms with E-state index in [0.717, 1.165) is 6.54 Å². The fourth-order valence-electron chi connectivity index (χ4n) is 3.02. The maximum Gasteiger partial charge on any atom is 0.319 e. The van der Waals surface area contributed by atoms with Crippen LogP contribution in [0.4, 0.5) is 14.9 Å². The molecule has 2 atom stereocenters. The molecule has 1 saturated heterocycles. The molecule has 1 aliphatic rings. The number of nitrogens with zero attached hydrogens (tertiary/aromatic N) is 2. The molecule has 7 heteroatoms. The standard InChI is InChI=1S/C18H21FN4O2/c19-17-7-6-14(9-20-17)22-18(25)21-10-15-8-16(24)12-23(15)11-13-4-2-1-3-5-13/h1-7,9,15-16,24H,8,10-12H2,(H2,21,22,25). The van der Waals surface area contributed by atoms with Gasteiger partial charge in [0, 0.05) is 25.7 Å². The lowest BCUT2D eigenvalue weighted by Crippen LogP contribution is -2.41. The number of likely N-dealkylation sites (tertiary alicyclic amines) is 1. The SMILES string of the molecule is O=C(NCC1CC(O)CN1Cc1ccccc1)Nc1ccc(F)nc1. The maximum atomic E-state index is 12.8. The van der Waals surface area contributed by atoms with E-state index in [1.54, 1.807) is 0 Å². The van der Waals surface area contributed by atoms with Gasteiger partial charge in [-0.3, -0.25) is 4.90 Å². The summed E-state index contributed by atoms with van der Waals surface area (Å²) in [6.07, 6.45) is 1.49. The monoisotopic (exact) mass is 344 g/mol. The molecule has 1 fully saturated rings. The number of hydrogen-bond acceptors (Lipinski definition) is 4. The van der Waals surface area contributed by atoms with Gasteiger partial charge in [0.05, 0.1) is 18.0 Å². The number of aliphatic hydroxyl groups excluding tert-OH is 1. The summed E-state index contributed by atoms with van der Waals surface area (Å²) in [5, 5.41) is 15.4. The Labute approximate surface area is 145 Å². The van der Waals surface area contributed by atoms with Crippen LogP contribution in [0.3, 0.4) is 0 Å². The minimum Gasteiger partial charge on any atom is -0.392 e. The minimum atomic E-state index is -0.595. The van der Waals surface area contributed by atoms with Crippen molar-refractivity contribution in [2.24, 2.45) is 0 Å². The van der Waals surface area contributed by atoms with Crippen molar-refractivity contribution in [3.63, 3.8) is 0 Å². The van der Waals surface area contributed by atoms with Gasteiger partial charge in [-0.2, -0.15) is 4.39 Å². The summed E-state index contributed by atoms with van der Waals surface area (Å²) in [6.45, 7) is 1.74. The third-order valence-electron chi connectivity index (χ3n) is 4.22.